The Kier molecular flexibility index (Phi) is 4.48. The molecule has 2 fully saturated rings. The van der Waals surface area contributed by atoms with Crippen molar-refractivity contribution in [1.29, 1.82) is 0 Å². The second kappa shape index (κ2) is 6.35. The van der Waals surface area contributed by atoms with Crippen molar-refractivity contribution in [2.24, 2.45) is 17.8 Å². The summed E-state index contributed by atoms with van der Waals surface area (Å²) in [6, 6.07) is 6.90. The molecule has 1 N–H and O–H groups in total. The molecule has 2 aliphatic rings. The van der Waals surface area contributed by atoms with E-state index in [4.69, 9.17) is 4.98 Å². The highest BCUT2D eigenvalue weighted by atomic mass is 15.2. The second-order valence-corrected chi connectivity index (χ2v) is 7.34. The number of hydrogen-bond acceptors (Lipinski definition) is 3. The molecule has 21 heavy (non-hydrogen) atoms. The van der Waals surface area contributed by atoms with Crippen molar-refractivity contribution in [3.8, 4) is 0 Å². The average molecular weight is 287 g/mol. The standard InChI is InChI=1S/C18H29N3/c1-13(2)19-11-17-5-4-6-18(20-17)21(3)12-16-10-14-7-8-15(16)9-14/h4-6,13-16,19H,7-12H2,1-3H3. The molecule has 0 spiro atoms. The molecule has 3 heteroatoms. The van der Waals surface area contributed by atoms with Crippen LogP contribution in [0.25, 0.3) is 0 Å². The molecule has 0 aromatic carbocycles. The van der Waals surface area contributed by atoms with E-state index < -0.39 is 0 Å². The molecular formula is C18H29N3. The Morgan fingerprint density at radius 2 is 2.14 bits per heavy atom. The SMILES string of the molecule is CC(C)NCc1cccc(N(C)CC2CC3CCC2C3)n1. The first-order valence-corrected chi connectivity index (χ1v) is 8.52. The number of nitrogens with zero attached hydrogens (tertiary/aromatic N) is 2. The Morgan fingerprint density at radius 3 is 2.81 bits per heavy atom. The lowest BCUT2D eigenvalue weighted by atomic mass is 9.88. The molecule has 3 nitrogen and oxygen atoms in total. The summed E-state index contributed by atoms with van der Waals surface area (Å²) < 4.78 is 0. The highest BCUT2D eigenvalue weighted by molar-refractivity contribution is 5.38. The Bertz CT molecular complexity index is 471. The highest BCUT2D eigenvalue weighted by Gasteiger charge is 2.39. The van der Waals surface area contributed by atoms with Gasteiger partial charge in [0, 0.05) is 26.2 Å². The normalized spacial score (nSPS) is 27.5. The number of rotatable bonds is 6. The van der Waals surface area contributed by atoms with Gasteiger partial charge in [0.15, 0.2) is 0 Å². The summed E-state index contributed by atoms with van der Waals surface area (Å²) in [6.07, 6.45) is 5.89. The molecular weight excluding hydrogens is 258 g/mol. The van der Waals surface area contributed by atoms with Crippen LogP contribution in [0.4, 0.5) is 5.82 Å². The zero-order valence-electron chi connectivity index (χ0n) is 13.7. The molecule has 2 aliphatic carbocycles. The van der Waals surface area contributed by atoms with Crippen LogP contribution in [0.1, 0.15) is 45.2 Å². The number of hydrogen-bond donors (Lipinski definition) is 1. The Balaban J connectivity index is 1.59. The Labute approximate surface area is 129 Å². The maximum Gasteiger partial charge on any atom is 0.128 e. The van der Waals surface area contributed by atoms with Crippen LogP contribution in [0.5, 0.6) is 0 Å². The molecule has 0 saturated heterocycles. The third-order valence-corrected chi connectivity index (χ3v) is 5.27. The van der Waals surface area contributed by atoms with Crippen molar-refractivity contribution < 1.29 is 0 Å². The Hall–Kier alpha value is -1.09. The van der Waals surface area contributed by atoms with Gasteiger partial charge in [0.05, 0.1) is 5.69 Å². The van der Waals surface area contributed by atoms with Crippen molar-refractivity contribution >= 4 is 5.82 Å². The van der Waals surface area contributed by atoms with Crippen molar-refractivity contribution in [3.05, 3.63) is 23.9 Å². The van der Waals surface area contributed by atoms with Gasteiger partial charge < -0.3 is 10.2 Å². The van der Waals surface area contributed by atoms with E-state index in [9.17, 15) is 0 Å². The smallest absolute Gasteiger partial charge is 0.128 e. The summed E-state index contributed by atoms with van der Waals surface area (Å²) in [7, 11) is 2.20. The maximum absolute atomic E-state index is 4.81. The maximum atomic E-state index is 4.81. The third kappa shape index (κ3) is 3.57. The average Bonchev–Trinajstić information content (AvgIpc) is 3.08. The van der Waals surface area contributed by atoms with Gasteiger partial charge in [-0.1, -0.05) is 26.3 Å². The van der Waals surface area contributed by atoms with E-state index >= 15 is 0 Å². The minimum atomic E-state index is 0.502. The lowest BCUT2D eigenvalue weighted by molar-refractivity contribution is 0.337. The van der Waals surface area contributed by atoms with Gasteiger partial charge in [-0.25, -0.2) is 4.98 Å². The van der Waals surface area contributed by atoms with E-state index in [1.54, 1.807) is 0 Å². The number of nitrogens with one attached hydrogen (secondary N) is 1. The van der Waals surface area contributed by atoms with E-state index in [1.807, 2.05) is 0 Å². The van der Waals surface area contributed by atoms with Gasteiger partial charge in [-0.2, -0.15) is 0 Å². The molecule has 1 aromatic rings. The van der Waals surface area contributed by atoms with Crippen molar-refractivity contribution in [2.45, 2.75) is 52.1 Å². The van der Waals surface area contributed by atoms with E-state index in [-0.39, 0.29) is 0 Å². The van der Waals surface area contributed by atoms with Crippen LogP contribution in [-0.2, 0) is 6.54 Å². The molecule has 2 bridgehead atoms. The summed E-state index contributed by atoms with van der Waals surface area (Å²) in [5.74, 6) is 4.04. The van der Waals surface area contributed by atoms with Crippen LogP contribution in [0.15, 0.2) is 18.2 Å². The molecule has 0 amide bonds. The van der Waals surface area contributed by atoms with Crippen molar-refractivity contribution in [1.82, 2.24) is 10.3 Å². The molecule has 0 aliphatic heterocycles. The summed E-state index contributed by atoms with van der Waals surface area (Å²) in [6.45, 7) is 6.37. The van der Waals surface area contributed by atoms with Gasteiger partial charge in [-0.15, -0.1) is 0 Å². The van der Waals surface area contributed by atoms with E-state index in [1.165, 1.54) is 32.2 Å². The van der Waals surface area contributed by atoms with Crippen LogP contribution < -0.4 is 10.2 Å². The summed E-state index contributed by atoms with van der Waals surface area (Å²) in [5.41, 5.74) is 1.14. The van der Waals surface area contributed by atoms with Crippen molar-refractivity contribution in [2.75, 3.05) is 18.5 Å². The number of aromatic nitrogens is 1. The first kappa shape index (κ1) is 14.8. The van der Waals surface area contributed by atoms with Crippen LogP contribution >= 0.6 is 0 Å². The summed E-state index contributed by atoms with van der Waals surface area (Å²) in [4.78, 5) is 7.18. The minimum absolute atomic E-state index is 0.502. The summed E-state index contributed by atoms with van der Waals surface area (Å²) >= 11 is 0. The molecule has 2 saturated carbocycles. The van der Waals surface area contributed by atoms with Gasteiger partial charge in [0.25, 0.3) is 0 Å². The van der Waals surface area contributed by atoms with Crippen LogP contribution in [0, 0.1) is 17.8 Å². The quantitative estimate of drug-likeness (QED) is 0.868. The molecule has 0 radical (unpaired) electrons. The lowest BCUT2D eigenvalue weighted by Crippen LogP contribution is -2.29. The van der Waals surface area contributed by atoms with E-state index in [0.717, 1.165) is 35.8 Å². The molecule has 3 unspecified atom stereocenters. The fourth-order valence-electron chi connectivity index (χ4n) is 4.13. The molecule has 1 heterocycles. The first-order chi connectivity index (χ1) is 10.1. The van der Waals surface area contributed by atoms with Gasteiger partial charge in [0.1, 0.15) is 5.82 Å². The Morgan fingerprint density at radius 1 is 1.29 bits per heavy atom. The van der Waals surface area contributed by atoms with E-state index in [0.29, 0.717) is 6.04 Å². The van der Waals surface area contributed by atoms with Gasteiger partial charge in [0.2, 0.25) is 0 Å². The predicted octanol–water partition coefficient (Wildman–Crippen LogP) is 3.45. The lowest BCUT2D eigenvalue weighted by Gasteiger charge is -2.28. The molecule has 116 valence electrons. The van der Waals surface area contributed by atoms with E-state index in [2.05, 4.69) is 49.3 Å². The van der Waals surface area contributed by atoms with Crippen LogP contribution in [0.3, 0.4) is 0 Å². The fourth-order valence-corrected chi connectivity index (χ4v) is 4.13. The molecule has 3 atom stereocenters. The highest BCUT2D eigenvalue weighted by Crippen LogP contribution is 2.48. The summed E-state index contributed by atoms with van der Waals surface area (Å²) in [5, 5.41) is 3.44. The zero-order chi connectivity index (χ0) is 14.8. The monoisotopic (exact) mass is 287 g/mol. The molecule has 3 rings (SSSR count). The van der Waals surface area contributed by atoms with Crippen LogP contribution in [-0.4, -0.2) is 24.6 Å². The predicted molar refractivity (Wildman–Crippen MR) is 88.4 cm³/mol. The van der Waals surface area contributed by atoms with Crippen LogP contribution in [0.2, 0.25) is 0 Å². The topological polar surface area (TPSA) is 28.2 Å². The zero-order valence-corrected chi connectivity index (χ0v) is 13.7. The first-order valence-electron chi connectivity index (χ1n) is 8.52. The third-order valence-electron chi connectivity index (χ3n) is 5.27. The number of fused-ring (bicyclic) bond motifs is 2. The fraction of sp³-hybridized carbons (Fsp3) is 0.722. The molecule has 1 aromatic heterocycles. The van der Waals surface area contributed by atoms with Gasteiger partial charge >= 0.3 is 0 Å². The van der Waals surface area contributed by atoms with Crippen molar-refractivity contribution in [3.63, 3.8) is 0 Å². The largest absolute Gasteiger partial charge is 0.359 e. The second-order valence-electron chi connectivity index (χ2n) is 7.34. The van der Waals surface area contributed by atoms with Gasteiger partial charge in [-0.05, 0) is 49.1 Å². The van der Waals surface area contributed by atoms with Gasteiger partial charge in [-0.3, -0.25) is 0 Å². The number of pyridine rings is 1. The minimum Gasteiger partial charge on any atom is -0.359 e. The number of anilines is 1.